The SMILES string of the molecule is Cc1cc(C(=O)N(CCCN2CCOCC2)Cc2ccncc2)c(C)n1C1CCCCC1. The van der Waals surface area contributed by atoms with Crippen molar-refractivity contribution in [2.45, 2.75) is 65.0 Å². The van der Waals surface area contributed by atoms with E-state index in [1.165, 1.54) is 37.8 Å². The highest BCUT2D eigenvalue weighted by Crippen LogP contribution is 2.32. The average molecular weight is 439 g/mol. The van der Waals surface area contributed by atoms with Crippen molar-refractivity contribution < 1.29 is 9.53 Å². The van der Waals surface area contributed by atoms with Gasteiger partial charge in [-0.15, -0.1) is 0 Å². The summed E-state index contributed by atoms with van der Waals surface area (Å²) >= 11 is 0. The van der Waals surface area contributed by atoms with Crippen molar-refractivity contribution in [3.05, 3.63) is 53.1 Å². The van der Waals surface area contributed by atoms with Crippen LogP contribution in [0.5, 0.6) is 0 Å². The van der Waals surface area contributed by atoms with E-state index in [2.05, 4.69) is 34.4 Å². The molecule has 2 fully saturated rings. The summed E-state index contributed by atoms with van der Waals surface area (Å²) in [7, 11) is 0. The first kappa shape index (κ1) is 23.0. The molecule has 2 aliphatic rings. The summed E-state index contributed by atoms with van der Waals surface area (Å²) in [6.07, 6.45) is 11.0. The Balaban J connectivity index is 1.49. The van der Waals surface area contributed by atoms with Crippen LogP contribution in [-0.4, -0.2) is 64.7 Å². The molecule has 0 N–H and O–H groups in total. The zero-order valence-electron chi connectivity index (χ0n) is 19.8. The van der Waals surface area contributed by atoms with Gasteiger partial charge in [0.25, 0.3) is 5.91 Å². The second-order valence-electron chi connectivity index (χ2n) is 9.34. The summed E-state index contributed by atoms with van der Waals surface area (Å²) in [5.74, 6) is 0.152. The minimum Gasteiger partial charge on any atom is -0.379 e. The van der Waals surface area contributed by atoms with Gasteiger partial charge in [0.05, 0.1) is 18.8 Å². The highest BCUT2D eigenvalue weighted by Gasteiger charge is 2.25. The largest absolute Gasteiger partial charge is 0.379 e. The highest BCUT2D eigenvalue weighted by molar-refractivity contribution is 5.95. The lowest BCUT2D eigenvalue weighted by Crippen LogP contribution is -2.39. The van der Waals surface area contributed by atoms with Gasteiger partial charge in [-0.1, -0.05) is 19.3 Å². The number of rotatable bonds is 8. The van der Waals surface area contributed by atoms with E-state index in [1.54, 1.807) is 12.4 Å². The van der Waals surface area contributed by atoms with E-state index < -0.39 is 0 Å². The van der Waals surface area contributed by atoms with Gasteiger partial charge in [-0.3, -0.25) is 14.7 Å². The fourth-order valence-corrected chi connectivity index (χ4v) is 5.34. The maximum absolute atomic E-state index is 13.8. The topological polar surface area (TPSA) is 50.6 Å². The first-order valence-corrected chi connectivity index (χ1v) is 12.3. The molecule has 2 aromatic heterocycles. The number of hydrogen-bond donors (Lipinski definition) is 0. The minimum atomic E-state index is 0.152. The Hall–Kier alpha value is -2.18. The lowest BCUT2D eigenvalue weighted by molar-refractivity contribution is 0.0355. The maximum Gasteiger partial charge on any atom is 0.255 e. The van der Waals surface area contributed by atoms with Crippen molar-refractivity contribution >= 4 is 5.91 Å². The summed E-state index contributed by atoms with van der Waals surface area (Å²) in [4.78, 5) is 22.4. The maximum atomic E-state index is 13.8. The molecule has 174 valence electrons. The molecule has 2 aromatic rings. The Kier molecular flexibility index (Phi) is 7.98. The van der Waals surface area contributed by atoms with Crippen LogP contribution in [0, 0.1) is 13.8 Å². The van der Waals surface area contributed by atoms with E-state index in [9.17, 15) is 4.79 Å². The van der Waals surface area contributed by atoms with Crippen molar-refractivity contribution in [2.24, 2.45) is 0 Å². The average Bonchev–Trinajstić information content (AvgIpc) is 3.13. The van der Waals surface area contributed by atoms with Crippen LogP contribution in [0.3, 0.4) is 0 Å². The molecule has 6 nitrogen and oxygen atoms in total. The van der Waals surface area contributed by atoms with Crippen LogP contribution >= 0.6 is 0 Å². The predicted octanol–water partition coefficient (Wildman–Crippen LogP) is 4.37. The molecule has 4 rings (SSSR count). The summed E-state index contributed by atoms with van der Waals surface area (Å²) < 4.78 is 7.90. The molecule has 1 saturated carbocycles. The second-order valence-corrected chi connectivity index (χ2v) is 9.34. The van der Waals surface area contributed by atoms with Gasteiger partial charge in [-0.25, -0.2) is 0 Å². The molecule has 1 aliphatic carbocycles. The molecule has 0 radical (unpaired) electrons. The molecule has 0 spiro atoms. The van der Waals surface area contributed by atoms with Crippen molar-refractivity contribution in [3.8, 4) is 0 Å². The van der Waals surface area contributed by atoms with Crippen LogP contribution in [0.1, 0.15) is 71.9 Å². The van der Waals surface area contributed by atoms with Gasteiger partial charge >= 0.3 is 0 Å². The van der Waals surface area contributed by atoms with Crippen LogP contribution in [0.15, 0.2) is 30.6 Å². The number of carbonyl (C=O) groups excluding carboxylic acids is 1. The number of pyridine rings is 1. The number of nitrogens with zero attached hydrogens (tertiary/aromatic N) is 4. The highest BCUT2D eigenvalue weighted by atomic mass is 16.5. The number of aryl methyl sites for hydroxylation is 1. The molecule has 0 bridgehead atoms. The number of ether oxygens (including phenoxy) is 1. The number of amides is 1. The third-order valence-electron chi connectivity index (χ3n) is 7.07. The van der Waals surface area contributed by atoms with E-state index in [0.717, 1.165) is 62.6 Å². The van der Waals surface area contributed by atoms with Gasteiger partial charge < -0.3 is 14.2 Å². The van der Waals surface area contributed by atoms with E-state index in [1.807, 2.05) is 17.0 Å². The number of morpholine rings is 1. The van der Waals surface area contributed by atoms with Gasteiger partial charge in [0.1, 0.15) is 0 Å². The molecule has 1 amide bonds. The van der Waals surface area contributed by atoms with Gasteiger partial charge in [-0.2, -0.15) is 0 Å². The van der Waals surface area contributed by atoms with Crippen molar-refractivity contribution in [1.29, 1.82) is 0 Å². The molecule has 0 unspecified atom stereocenters. The van der Waals surface area contributed by atoms with Crippen molar-refractivity contribution in [1.82, 2.24) is 19.4 Å². The number of aromatic nitrogens is 2. The third kappa shape index (κ3) is 5.59. The van der Waals surface area contributed by atoms with Crippen LogP contribution in [0.4, 0.5) is 0 Å². The molecular formula is C26H38N4O2. The third-order valence-corrected chi connectivity index (χ3v) is 7.07. The number of carbonyl (C=O) groups is 1. The Morgan fingerprint density at radius 3 is 2.56 bits per heavy atom. The lowest BCUT2D eigenvalue weighted by atomic mass is 9.95. The number of hydrogen-bond acceptors (Lipinski definition) is 4. The van der Waals surface area contributed by atoms with E-state index in [-0.39, 0.29) is 5.91 Å². The molecule has 32 heavy (non-hydrogen) atoms. The first-order valence-electron chi connectivity index (χ1n) is 12.3. The first-order chi connectivity index (χ1) is 15.6. The van der Waals surface area contributed by atoms with Gasteiger partial charge in [0.15, 0.2) is 0 Å². The van der Waals surface area contributed by atoms with E-state index >= 15 is 0 Å². The summed E-state index contributed by atoms with van der Waals surface area (Å²) in [5, 5.41) is 0. The van der Waals surface area contributed by atoms with Gasteiger partial charge in [0, 0.05) is 62.5 Å². The standard InChI is InChI=1S/C26H38N4O2/c1-21-19-25(22(2)30(21)24-7-4-3-5-8-24)26(31)29(20-23-9-11-27-12-10-23)14-6-13-28-15-17-32-18-16-28/h9-12,19,24H,3-8,13-18,20H2,1-2H3. The smallest absolute Gasteiger partial charge is 0.255 e. The predicted molar refractivity (Wildman–Crippen MR) is 127 cm³/mol. The summed E-state index contributed by atoms with van der Waals surface area (Å²) in [6.45, 7) is 10.3. The summed E-state index contributed by atoms with van der Waals surface area (Å²) in [5.41, 5.74) is 4.34. The second kappa shape index (κ2) is 11.1. The van der Waals surface area contributed by atoms with Crippen molar-refractivity contribution in [2.75, 3.05) is 39.4 Å². The molecule has 3 heterocycles. The molecule has 1 aliphatic heterocycles. The zero-order valence-corrected chi connectivity index (χ0v) is 19.8. The lowest BCUT2D eigenvalue weighted by Gasteiger charge is -2.29. The Labute approximate surface area is 192 Å². The minimum absolute atomic E-state index is 0.152. The van der Waals surface area contributed by atoms with Crippen molar-refractivity contribution in [3.63, 3.8) is 0 Å². The molecular weight excluding hydrogens is 400 g/mol. The normalized spacial score (nSPS) is 18.1. The van der Waals surface area contributed by atoms with Crippen LogP contribution < -0.4 is 0 Å². The van der Waals surface area contributed by atoms with E-state index in [4.69, 9.17) is 4.74 Å². The van der Waals surface area contributed by atoms with Crippen LogP contribution in [-0.2, 0) is 11.3 Å². The van der Waals surface area contributed by atoms with Crippen LogP contribution in [0.2, 0.25) is 0 Å². The molecule has 0 aromatic carbocycles. The van der Waals surface area contributed by atoms with Gasteiger partial charge in [-0.05, 0) is 56.9 Å². The quantitative estimate of drug-likeness (QED) is 0.614. The molecule has 6 heteroatoms. The molecule has 1 saturated heterocycles. The Morgan fingerprint density at radius 2 is 1.84 bits per heavy atom. The van der Waals surface area contributed by atoms with Gasteiger partial charge in [0.2, 0.25) is 0 Å². The zero-order chi connectivity index (χ0) is 22.3. The summed E-state index contributed by atoms with van der Waals surface area (Å²) in [6, 6.07) is 6.68. The fraction of sp³-hybridized carbons (Fsp3) is 0.615. The van der Waals surface area contributed by atoms with Crippen LogP contribution in [0.25, 0.3) is 0 Å². The van der Waals surface area contributed by atoms with E-state index in [0.29, 0.717) is 12.6 Å². The Bertz CT molecular complexity index is 867. The fourth-order valence-electron chi connectivity index (χ4n) is 5.34. The monoisotopic (exact) mass is 438 g/mol. The Morgan fingerprint density at radius 1 is 1.12 bits per heavy atom. The molecule has 0 atom stereocenters.